The Morgan fingerprint density at radius 1 is 1.27 bits per heavy atom. The number of halogens is 1. The molecule has 1 fully saturated rings. The van der Waals surface area contributed by atoms with E-state index in [9.17, 15) is 14.0 Å². The average molecular weight is 307 g/mol. The van der Waals surface area contributed by atoms with Crippen LogP contribution in [0.4, 0.5) is 4.39 Å². The summed E-state index contributed by atoms with van der Waals surface area (Å²) < 4.78 is 14.0. The molecule has 0 saturated carbocycles. The van der Waals surface area contributed by atoms with Gasteiger partial charge in [-0.3, -0.25) is 9.59 Å². The molecule has 1 aromatic rings. The predicted molar refractivity (Wildman–Crippen MR) is 80.7 cm³/mol. The third kappa shape index (κ3) is 4.06. The molecule has 1 saturated heterocycles. The van der Waals surface area contributed by atoms with E-state index in [4.69, 9.17) is 5.11 Å². The van der Waals surface area contributed by atoms with Crippen LogP contribution in [0.3, 0.4) is 0 Å². The number of benzene rings is 1. The molecule has 2 atom stereocenters. The van der Waals surface area contributed by atoms with Gasteiger partial charge >= 0.3 is 5.97 Å². The zero-order valence-corrected chi connectivity index (χ0v) is 12.8. The summed E-state index contributed by atoms with van der Waals surface area (Å²) >= 11 is 0. The van der Waals surface area contributed by atoms with Crippen molar-refractivity contribution in [2.75, 3.05) is 6.54 Å². The average Bonchev–Trinajstić information content (AvgIpc) is 2.85. The van der Waals surface area contributed by atoms with Crippen LogP contribution in [-0.4, -0.2) is 28.4 Å². The first-order valence-electron chi connectivity index (χ1n) is 7.74. The molecule has 0 spiro atoms. The van der Waals surface area contributed by atoms with Gasteiger partial charge in [-0.1, -0.05) is 25.1 Å². The summed E-state index contributed by atoms with van der Waals surface area (Å²) in [6, 6.07) is 6.39. The monoisotopic (exact) mass is 307 g/mol. The maximum Gasteiger partial charge on any atom is 0.303 e. The lowest BCUT2D eigenvalue weighted by molar-refractivity contribution is -0.137. The molecule has 1 heterocycles. The zero-order chi connectivity index (χ0) is 16.1. The topological polar surface area (TPSA) is 57.6 Å². The number of carbonyl (C=O) groups is 2. The van der Waals surface area contributed by atoms with Crippen molar-refractivity contribution in [1.29, 1.82) is 0 Å². The van der Waals surface area contributed by atoms with Crippen molar-refractivity contribution in [2.45, 2.75) is 45.1 Å². The van der Waals surface area contributed by atoms with Crippen molar-refractivity contribution in [3.8, 4) is 0 Å². The number of carbonyl (C=O) groups excluding carboxylic acids is 1. The van der Waals surface area contributed by atoms with Crippen LogP contribution in [0.1, 0.15) is 50.6 Å². The Morgan fingerprint density at radius 2 is 1.95 bits per heavy atom. The predicted octanol–water partition coefficient (Wildman–Crippen LogP) is 3.38. The summed E-state index contributed by atoms with van der Waals surface area (Å²) in [6.45, 7) is 2.70. The maximum absolute atomic E-state index is 14.0. The first-order valence-corrected chi connectivity index (χ1v) is 7.74. The molecule has 0 bridgehead atoms. The highest BCUT2D eigenvalue weighted by molar-refractivity contribution is 5.77. The Morgan fingerprint density at radius 3 is 2.64 bits per heavy atom. The SMILES string of the molecule is CC1CC(c2ccccc2F)N(C(=O)CCCCC(=O)O)C1. The lowest BCUT2D eigenvalue weighted by atomic mass is 10.0. The number of carboxylic acid groups (broad SMARTS) is 1. The largest absolute Gasteiger partial charge is 0.481 e. The molecular formula is C17H22FNO3. The van der Waals surface area contributed by atoms with E-state index in [0.29, 0.717) is 37.3 Å². The Bertz CT molecular complexity index is 546. The fraction of sp³-hybridized carbons (Fsp3) is 0.529. The summed E-state index contributed by atoms with van der Waals surface area (Å²) in [6.07, 6.45) is 2.22. The number of hydrogen-bond donors (Lipinski definition) is 1. The fourth-order valence-corrected chi connectivity index (χ4v) is 3.06. The van der Waals surface area contributed by atoms with Gasteiger partial charge < -0.3 is 10.0 Å². The van der Waals surface area contributed by atoms with Crippen LogP contribution in [0.15, 0.2) is 24.3 Å². The van der Waals surface area contributed by atoms with Gasteiger partial charge in [0.1, 0.15) is 5.82 Å². The van der Waals surface area contributed by atoms with Gasteiger partial charge in [-0.25, -0.2) is 4.39 Å². The van der Waals surface area contributed by atoms with Crippen LogP contribution < -0.4 is 0 Å². The lowest BCUT2D eigenvalue weighted by Crippen LogP contribution is -2.31. The molecule has 1 aromatic carbocycles. The Balaban J connectivity index is 2.00. The van der Waals surface area contributed by atoms with Gasteiger partial charge in [0.05, 0.1) is 6.04 Å². The second-order valence-corrected chi connectivity index (χ2v) is 6.03. The minimum absolute atomic E-state index is 0.0111. The zero-order valence-electron chi connectivity index (χ0n) is 12.8. The smallest absolute Gasteiger partial charge is 0.303 e. The van der Waals surface area contributed by atoms with E-state index in [1.807, 2.05) is 0 Å². The fourth-order valence-electron chi connectivity index (χ4n) is 3.06. The number of amides is 1. The first kappa shape index (κ1) is 16.5. The number of rotatable bonds is 6. The van der Waals surface area contributed by atoms with Crippen LogP contribution in [0.25, 0.3) is 0 Å². The van der Waals surface area contributed by atoms with E-state index >= 15 is 0 Å². The summed E-state index contributed by atoms with van der Waals surface area (Å²) in [4.78, 5) is 24.6. The van der Waals surface area contributed by atoms with Crippen molar-refractivity contribution in [2.24, 2.45) is 5.92 Å². The number of unbranched alkanes of at least 4 members (excludes halogenated alkanes) is 1. The van der Waals surface area contributed by atoms with E-state index in [2.05, 4.69) is 6.92 Å². The number of aliphatic carboxylic acids is 1. The molecule has 0 aromatic heterocycles. The Kier molecular flexibility index (Phi) is 5.52. The Hall–Kier alpha value is -1.91. The van der Waals surface area contributed by atoms with Crippen LogP contribution in [0.5, 0.6) is 0 Å². The molecule has 1 aliphatic heterocycles. The summed E-state index contributed by atoms with van der Waals surface area (Å²) in [5.41, 5.74) is 0.575. The van der Waals surface area contributed by atoms with Crippen LogP contribution in [-0.2, 0) is 9.59 Å². The number of likely N-dealkylation sites (tertiary alicyclic amines) is 1. The number of carboxylic acids is 1. The van der Waals surface area contributed by atoms with Gasteiger partial charge in [0, 0.05) is 24.9 Å². The second kappa shape index (κ2) is 7.38. The highest BCUT2D eigenvalue weighted by Gasteiger charge is 2.34. The van der Waals surface area contributed by atoms with Crippen molar-refractivity contribution < 1.29 is 19.1 Å². The molecular weight excluding hydrogens is 285 g/mol. The van der Waals surface area contributed by atoms with E-state index < -0.39 is 5.97 Å². The first-order chi connectivity index (χ1) is 10.5. The third-order valence-corrected chi connectivity index (χ3v) is 4.13. The molecule has 1 amide bonds. The van der Waals surface area contributed by atoms with Crippen LogP contribution >= 0.6 is 0 Å². The summed E-state index contributed by atoms with van der Waals surface area (Å²) in [5.74, 6) is -0.785. The summed E-state index contributed by atoms with van der Waals surface area (Å²) in [5, 5.41) is 8.61. The van der Waals surface area contributed by atoms with Crippen molar-refractivity contribution in [3.63, 3.8) is 0 Å². The standard InChI is InChI=1S/C17H22FNO3/c1-12-10-15(13-6-2-3-7-14(13)18)19(11-12)16(20)8-4-5-9-17(21)22/h2-3,6-7,12,15H,4-5,8-11H2,1H3,(H,21,22). The van der Waals surface area contributed by atoms with Crippen molar-refractivity contribution in [3.05, 3.63) is 35.6 Å². The molecule has 0 aliphatic carbocycles. The van der Waals surface area contributed by atoms with E-state index in [-0.39, 0.29) is 24.2 Å². The van der Waals surface area contributed by atoms with Gasteiger partial charge in [-0.2, -0.15) is 0 Å². The lowest BCUT2D eigenvalue weighted by Gasteiger charge is -2.25. The van der Waals surface area contributed by atoms with Gasteiger partial charge in [0.2, 0.25) is 5.91 Å². The molecule has 0 radical (unpaired) electrons. The molecule has 5 heteroatoms. The third-order valence-electron chi connectivity index (χ3n) is 4.13. The molecule has 22 heavy (non-hydrogen) atoms. The van der Waals surface area contributed by atoms with Gasteiger partial charge in [0.15, 0.2) is 0 Å². The normalized spacial score (nSPS) is 21.1. The minimum atomic E-state index is -0.841. The van der Waals surface area contributed by atoms with E-state index in [1.54, 1.807) is 23.1 Å². The second-order valence-electron chi connectivity index (χ2n) is 6.03. The van der Waals surface area contributed by atoms with Gasteiger partial charge in [0.25, 0.3) is 0 Å². The molecule has 4 nitrogen and oxygen atoms in total. The molecule has 2 rings (SSSR count). The van der Waals surface area contributed by atoms with E-state index in [0.717, 1.165) is 6.42 Å². The Labute approximate surface area is 129 Å². The molecule has 120 valence electrons. The number of nitrogens with zero attached hydrogens (tertiary/aromatic N) is 1. The van der Waals surface area contributed by atoms with Crippen LogP contribution in [0, 0.1) is 11.7 Å². The summed E-state index contributed by atoms with van der Waals surface area (Å²) in [7, 11) is 0. The molecule has 1 N–H and O–H groups in total. The van der Waals surface area contributed by atoms with Crippen molar-refractivity contribution >= 4 is 11.9 Å². The molecule has 2 unspecified atom stereocenters. The maximum atomic E-state index is 14.0. The van der Waals surface area contributed by atoms with Gasteiger partial charge in [-0.15, -0.1) is 0 Å². The number of hydrogen-bond acceptors (Lipinski definition) is 2. The van der Waals surface area contributed by atoms with E-state index in [1.165, 1.54) is 6.07 Å². The highest BCUT2D eigenvalue weighted by atomic mass is 19.1. The molecule has 1 aliphatic rings. The minimum Gasteiger partial charge on any atom is -0.481 e. The highest BCUT2D eigenvalue weighted by Crippen LogP contribution is 2.36. The van der Waals surface area contributed by atoms with Crippen LogP contribution in [0.2, 0.25) is 0 Å². The van der Waals surface area contributed by atoms with Gasteiger partial charge in [-0.05, 0) is 31.2 Å². The quantitative estimate of drug-likeness (QED) is 0.820. The van der Waals surface area contributed by atoms with Crippen molar-refractivity contribution in [1.82, 2.24) is 4.90 Å².